The van der Waals surface area contributed by atoms with Crippen LogP contribution in [0.4, 0.5) is 17.6 Å². The molecule has 4 nitrogen and oxygen atoms in total. The van der Waals surface area contributed by atoms with E-state index in [1.807, 2.05) is 6.07 Å². The van der Waals surface area contributed by atoms with Gasteiger partial charge in [-0.1, -0.05) is 24.6 Å². The molecule has 0 bridgehead atoms. The van der Waals surface area contributed by atoms with E-state index in [2.05, 4.69) is 15.0 Å². The summed E-state index contributed by atoms with van der Waals surface area (Å²) in [5.41, 5.74) is 2.45. The molecule has 2 aromatic heterocycles. The Morgan fingerprint density at radius 1 is 1.03 bits per heavy atom. The van der Waals surface area contributed by atoms with Gasteiger partial charge in [-0.3, -0.25) is 0 Å². The minimum Gasteiger partial charge on any atom is -0.486 e. The third-order valence-electron chi connectivity index (χ3n) is 5.87. The van der Waals surface area contributed by atoms with Crippen LogP contribution in [0.3, 0.4) is 0 Å². The van der Waals surface area contributed by atoms with Crippen LogP contribution in [-0.4, -0.2) is 15.0 Å². The highest BCUT2D eigenvalue weighted by molar-refractivity contribution is 5.75. The van der Waals surface area contributed by atoms with Gasteiger partial charge in [-0.15, -0.1) is 0 Å². The molecular weight excluding hydrogens is 422 g/mol. The van der Waals surface area contributed by atoms with E-state index >= 15 is 4.39 Å². The van der Waals surface area contributed by atoms with Gasteiger partial charge in [0.15, 0.2) is 17.2 Å². The number of hydrogen-bond donors (Lipinski definition) is 1. The van der Waals surface area contributed by atoms with Gasteiger partial charge in [-0.25, -0.2) is 14.4 Å². The maximum absolute atomic E-state index is 15.6. The van der Waals surface area contributed by atoms with Crippen LogP contribution in [0.1, 0.15) is 41.9 Å². The second-order valence-electron chi connectivity index (χ2n) is 7.92. The van der Waals surface area contributed by atoms with Gasteiger partial charge in [0, 0.05) is 17.3 Å². The van der Waals surface area contributed by atoms with Crippen molar-refractivity contribution in [1.82, 2.24) is 15.0 Å². The predicted octanol–water partition coefficient (Wildman–Crippen LogP) is 6.63. The third-order valence-corrected chi connectivity index (χ3v) is 5.87. The van der Waals surface area contributed by atoms with Crippen molar-refractivity contribution in [1.29, 1.82) is 0 Å². The predicted molar refractivity (Wildman–Crippen MR) is 112 cm³/mol. The maximum atomic E-state index is 15.6. The second kappa shape index (κ2) is 7.93. The lowest BCUT2D eigenvalue weighted by Gasteiger charge is -2.28. The van der Waals surface area contributed by atoms with Gasteiger partial charge in [0.2, 0.25) is 0 Å². The molecule has 0 saturated heterocycles. The minimum absolute atomic E-state index is 0.0409. The van der Waals surface area contributed by atoms with E-state index < -0.39 is 17.6 Å². The summed E-state index contributed by atoms with van der Waals surface area (Å²) in [6.07, 6.45) is 1.78. The van der Waals surface area contributed by atoms with E-state index in [0.717, 1.165) is 37.0 Å². The number of aromatic amines is 1. The Morgan fingerprint density at radius 3 is 2.50 bits per heavy atom. The first kappa shape index (κ1) is 20.5. The van der Waals surface area contributed by atoms with Crippen molar-refractivity contribution in [3.63, 3.8) is 0 Å². The smallest absolute Gasteiger partial charge is 0.416 e. The van der Waals surface area contributed by atoms with Crippen molar-refractivity contribution in [3.05, 3.63) is 77.4 Å². The van der Waals surface area contributed by atoms with Gasteiger partial charge in [0.1, 0.15) is 12.1 Å². The molecule has 0 atom stereocenters. The molecule has 0 unspecified atom stereocenters. The van der Waals surface area contributed by atoms with Crippen LogP contribution in [0.25, 0.3) is 22.4 Å². The van der Waals surface area contributed by atoms with Crippen molar-refractivity contribution in [2.24, 2.45) is 0 Å². The SMILES string of the molecule is Fc1c(-c2cnc3[nH]ccc3n2)ccc(C2CCC2)c1OCc1ccc(C(F)(F)F)cc1. The number of hydrogen-bond acceptors (Lipinski definition) is 3. The number of fused-ring (bicyclic) bond motifs is 1. The Kier molecular flexibility index (Phi) is 5.07. The molecule has 5 rings (SSSR count). The Morgan fingerprint density at radius 2 is 1.81 bits per heavy atom. The van der Waals surface area contributed by atoms with Crippen LogP contribution >= 0.6 is 0 Å². The molecule has 4 aromatic rings. The minimum atomic E-state index is -4.40. The number of aromatic nitrogens is 3. The summed E-state index contributed by atoms with van der Waals surface area (Å²) in [5, 5.41) is 0. The lowest BCUT2D eigenvalue weighted by molar-refractivity contribution is -0.137. The fourth-order valence-electron chi connectivity index (χ4n) is 3.86. The number of H-pyrrole nitrogens is 1. The molecule has 0 amide bonds. The topological polar surface area (TPSA) is 50.8 Å². The number of alkyl halides is 3. The molecular formula is C24H19F4N3O. The first-order chi connectivity index (χ1) is 15.4. The molecule has 1 aliphatic rings. The third kappa shape index (κ3) is 3.81. The fraction of sp³-hybridized carbons (Fsp3) is 0.250. The Labute approximate surface area is 181 Å². The largest absolute Gasteiger partial charge is 0.486 e. The van der Waals surface area contributed by atoms with Crippen molar-refractivity contribution >= 4 is 11.2 Å². The average Bonchev–Trinajstić information content (AvgIpc) is 3.20. The molecule has 0 spiro atoms. The van der Waals surface area contributed by atoms with Gasteiger partial charge < -0.3 is 9.72 Å². The van der Waals surface area contributed by atoms with Crippen molar-refractivity contribution in [2.45, 2.75) is 38.0 Å². The summed E-state index contributed by atoms with van der Waals surface area (Å²) < 4.78 is 59.9. The second-order valence-corrected chi connectivity index (χ2v) is 7.92. The molecule has 1 saturated carbocycles. The van der Waals surface area contributed by atoms with Gasteiger partial charge in [-0.2, -0.15) is 13.2 Å². The summed E-state index contributed by atoms with van der Waals surface area (Å²) in [4.78, 5) is 11.7. The number of nitrogens with one attached hydrogen (secondary N) is 1. The van der Waals surface area contributed by atoms with Crippen molar-refractivity contribution < 1.29 is 22.3 Å². The average molecular weight is 441 g/mol. The first-order valence-corrected chi connectivity index (χ1v) is 10.3. The van der Waals surface area contributed by atoms with E-state index in [0.29, 0.717) is 22.4 Å². The zero-order chi connectivity index (χ0) is 22.3. The van der Waals surface area contributed by atoms with Crippen LogP contribution in [0.5, 0.6) is 5.75 Å². The zero-order valence-electron chi connectivity index (χ0n) is 16.9. The molecule has 1 aliphatic carbocycles. The first-order valence-electron chi connectivity index (χ1n) is 10.3. The number of ether oxygens (including phenoxy) is 1. The zero-order valence-corrected chi connectivity index (χ0v) is 16.9. The molecule has 1 fully saturated rings. The monoisotopic (exact) mass is 441 g/mol. The fourth-order valence-corrected chi connectivity index (χ4v) is 3.86. The van der Waals surface area contributed by atoms with E-state index in [-0.39, 0.29) is 23.8 Å². The van der Waals surface area contributed by atoms with Gasteiger partial charge >= 0.3 is 6.18 Å². The number of halogens is 4. The Bertz CT molecular complexity index is 1260. The summed E-state index contributed by atoms with van der Waals surface area (Å²) in [6.45, 7) is -0.0409. The standard InChI is InChI=1S/C24H19F4N3O/c25-21-18(20-12-30-23-19(31-20)10-11-29-23)9-8-17(15-2-1-3-15)22(21)32-13-14-4-6-16(7-5-14)24(26,27)28/h4-12,15H,1-3,13H2,(H,29,30). The highest BCUT2D eigenvalue weighted by Gasteiger charge is 2.30. The van der Waals surface area contributed by atoms with E-state index in [9.17, 15) is 13.2 Å². The summed E-state index contributed by atoms with van der Waals surface area (Å²) >= 11 is 0. The van der Waals surface area contributed by atoms with Crippen LogP contribution in [0.2, 0.25) is 0 Å². The lowest BCUT2D eigenvalue weighted by atomic mass is 9.79. The molecule has 32 heavy (non-hydrogen) atoms. The summed E-state index contributed by atoms with van der Waals surface area (Å²) in [5.74, 6) is -0.201. The van der Waals surface area contributed by atoms with Crippen LogP contribution in [0.15, 0.2) is 54.9 Å². The van der Waals surface area contributed by atoms with E-state index in [4.69, 9.17) is 4.74 Å². The van der Waals surface area contributed by atoms with E-state index in [1.54, 1.807) is 18.3 Å². The number of nitrogens with zero attached hydrogens (tertiary/aromatic N) is 2. The molecule has 8 heteroatoms. The highest BCUT2D eigenvalue weighted by atomic mass is 19.4. The van der Waals surface area contributed by atoms with Crippen LogP contribution < -0.4 is 4.74 Å². The van der Waals surface area contributed by atoms with Gasteiger partial charge in [0.25, 0.3) is 0 Å². The molecule has 2 heterocycles. The van der Waals surface area contributed by atoms with E-state index in [1.165, 1.54) is 18.3 Å². The molecule has 2 aromatic carbocycles. The maximum Gasteiger partial charge on any atom is 0.416 e. The molecule has 0 aliphatic heterocycles. The quantitative estimate of drug-likeness (QED) is 0.354. The van der Waals surface area contributed by atoms with Gasteiger partial charge in [0.05, 0.1) is 17.5 Å². The molecule has 0 radical (unpaired) electrons. The van der Waals surface area contributed by atoms with Crippen LogP contribution in [-0.2, 0) is 12.8 Å². The number of benzene rings is 2. The molecule has 164 valence electrons. The van der Waals surface area contributed by atoms with Crippen molar-refractivity contribution in [2.75, 3.05) is 0 Å². The van der Waals surface area contributed by atoms with Crippen LogP contribution in [0, 0.1) is 5.82 Å². The normalized spacial score (nSPS) is 14.5. The van der Waals surface area contributed by atoms with Gasteiger partial charge in [-0.05, 0) is 48.6 Å². The highest BCUT2D eigenvalue weighted by Crippen LogP contribution is 2.44. The number of rotatable bonds is 5. The summed E-state index contributed by atoms with van der Waals surface area (Å²) in [6, 6.07) is 10.00. The van der Waals surface area contributed by atoms with Crippen molar-refractivity contribution in [3.8, 4) is 17.0 Å². The lowest BCUT2D eigenvalue weighted by Crippen LogP contribution is -2.12. The Balaban J connectivity index is 1.47. The Hall–Kier alpha value is -3.42. The summed E-state index contributed by atoms with van der Waals surface area (Å²) in [7, 11) is 0. The molecule has 1 N–H and O–H groups in total.